The van der Waals surface area contributed by atoms with E-state index in [9.17, 15) is 10.1 Å². The number of carbonyl (C=O) groups is 1. The molecule has 4 heteroatoms. The predicted molar refractivity (Wildman–Crippen MR) is 145 cm³/mol. The normalized spacial score (nSPS) is 24.3. The maximum Gasteiger partial charge on any atom is 0.152 e. The van der Waals surface area contributed by atoms with E-state index in [0.717, 1.165) is 28.2 Å². The van der Waals surface area contributed by atoms with Crippen molar-refractivity contribution in [3.8, 4) is 6.07 Å². The summed E-state index contributed by atoms with van der Waals surface area (Å²) in [7, 11) is 0. The van der Waals surface area contributed by atoms with Crippen LogP contribution in [0.5, 0.6) is 0 Å². The van der Waals surface area contributed by atoms with Gasteiger partial charge in [0.1, 0.15) is 6.07 Å². The van der Waals surface area contributed by atoms with Crippen molar-refractivity contribution >= 4 is 39.2 Å². The molecule has 2 saturated carbocycles. The number of benzene rings is 4. The third kappa shape index (κ3) is 2.77. The lowest BCUT2D eigenvalue weighted by atomic mass is 9.84. The predicted octanol–water partition coefficient (Wildman–Crippen LogP) is 7.26. The summed E-state index contributed by atoms with van der Waals surface area (Å²) in [4.78, 5) is 11.4. The van der Waals surface area contributed by atoms with E-state index in [1.165, 1.54) is 71.6 Å². The van der Waals surface area contributed by atoms with Gasteiger partial charge in [-0.2, -0.15) is 5.26 Å². The maximum atomic E-state index is 11.4. The van der Waals surface area contributed by atoms with Crippen molar-refractivity contribution in [3.63, 3.8) is 0 Å². The van der Waals surface area contributed by atoms with Crippen LogP contribution in [0, 0.1) is 11.3 Å². The van der Waals surface area contributed by atoms with Gasteiger partial charge in [-0.25, -0.2) is 0 Å². The summed E-state index contributed by atoms with van der Waals surface area (Å²) in [6, 6.07) is 18.9. The molecule has 0 spiro atoms. The zero-order chi connectivity index (χ0) is 24.6. The lowest BCUT2D eigenvalue weighted by Gasteiger charge is -2.21. The standard InChI is InChI=1S/C16H14N2.C16H15NO/c17-8-13-15-10-6-5-9(7-10)14(15)11-3-1-2-4-12(11)16(13)18;17-16-12-4-2-1-3-11(12)14-9-5-6-10(7-9)15(14)13(16)8-18/h1-4,9-10H,5-7,18H2;1-4,8-10H,5-7,17H2/t2*9-,10+/m11/s1. The first-order valence-corrected chi connectivity index (χ1v) is 13.2. The van der Waals surface area contributed by atoms with Crippen molar-refractivity contribution in [2.75, 3.05) is 11.5 Å². The van der Waals surface area contributed by atoms with Gasteiger partial charge in [0, 0.05) is 16.3 Å². The van der Waals surface area contributed by atoms with Crippen LogP contribution in [0.3, 0.4) is 0 Å². The van der Waals surface area contributed by atoms with Gasteiger partial charge in [-0.1, -0.05) is 48.5 Å². The number of aldehydes is 1. The Bertz CT molecular complexity index is 1630. The van der Waals surface area contributed by atoms with Crippen LogP contribution in [0.25, 0.3) is 21.5 Å². The number of nitriles is 1. The van der Waals surface area contributed by atoms with E-state index in [1.54, 1.807) is 0 Å². The Hall–Kier alpha value is -3.84. The van der Waals surface area contributed by atoms with E-state index in [4.69, 9.17) is 11.5 Å². The van der Waals surface area contributed by atoms with Gasteiger partial charge in [0.05, 0.1) is 16.9 Å². The SMILES string of the molecule is N#Cc1c2c(c3ccccc3c1N)[C@@H]1CC[C@H]2C1.Nc1c(C=O)c2c(c3ccccc13)[C@@H]1CC[C@H]2C1. The molecule has 36 heavy (non-hydrogen) atoms. The fourth-order valence-electron chi connectivity index (χ4n) is 8.05. The minimum absolute atomic E-state index is 0.567. The molecule has 8 rings (SSSR count). The summed E-state index contributed by atoms with van der Waals surface area (Å²) in [5, 5.41) is 14.1. The molecule has 4 aliphatic rings. The Kier molecular flexibility index (Phi) is 4.66. The first kappa shape index (κ1) is 21.4. The molecule has 4 N–H and O–H groups in total. The number of fused-ring (bicyclic) bond motifs is 14. The molecule has 4 atom stereocenters. The quantitative estimate of drug-likeness (QED) is 0.226. The Morgan fingerprint density at radius 2 is 1.11 bits per heavy atom. The van der Waals surface area contributed by atoms with Crippen molar-refractivity contribution in [1.82, 2.24) is 0 Å². The fraction of sp³-hybridized carbons (Fsp3) is 0.312. The van der Waals surface area contributed by atoms with E-state index >= 15 is 0 Å². The fourth-order valence-corrected chi connectivity index (χ4v) is 8.05. The van der Waals surface area contributed by atoms with Crippen molar-refractivity contribution < 1.29 is 4.79 Å². The van der Waals surface area contributed by atoms with Crippen LogP contribution in [0.15, 0.2) is 48.5 Å². The van der Waals surface area contributed by atoms with Crippen LogP contribution in [-0.4, -0.2) is 6.29 Å². The molecule has 4 aliphatic carbocycles. The molecule has 4 bridgehead atoms. The first-order valence-electron chi connectivity index (χ1n) is 13.2. The number of nitrogens with zero attached hydrogens (tertiary/aromatic N) is 1. The van der Waals surface area contributed by atoms with Gasteiger partial charge in [0.15, 0.2) is 6.29 Å². The van der Waals surface area contributed by atoms with Crippen LogP contribution < -0.4 is 11.5 Å². The largest absolute Gasteiger partial charge is 0.398 e. The van der Waals surface area contributed by atoms with E-state index < -0.39 is 0 Å². The number of hydrogen-bond donors (Lipinski definition) is 2. The minimum Gasteiger partial charge on any atom is -0.398 e. The zero-order valence-corrected chi connectivity index (χ0v) is 20.3. The highest BCUT2D eigenvalue weighted by Crippen LogP contribution is 2.58. The van der Waals surface area contributed by atoms with Crippen molar-refractivity contribution in [2.45, 2.75) is 62.2 Å². The first-order chi connectivity index (χ1) is 17.6. The molecule has 4 nitrogen and oxygen atoms in total. The van der Waals surface area contributed by atoms with Gasteiger partial charge < -0.3 is 11.5 Å². The molecule has 4 aromatic carbocycles. The van der Waals surface area contributed by atoms with Crippen LogP contribution in [0.4, 0.5) is 11.4 Å². The Morgan fingerprint density at radius 1 is 0.667 bits per heavy atom. The Morgan fingerprint density at radius 3 is 1.64 bits per heavy atom. The molecular weight excluding hydrogens is 442 g/mol. The summed E-state index contributed by atoms with van der Waals surface area (Å²) in [6.45, 7) is 0. The van der Waals surface area contributed by atoms with Gasteiger partial charge in [-0.3, -0.25) is 4.79 Å². The van der Waals surface area contributed by atoms with Gasteiger partial charge in [0.2, 0.25) is 0 Å². The number of anilines is 2. The van der Waals surface area contributed by atoms with E-state index in [-0.39, 0.29) is 0 Å². The summed E-state index contributed by atoms with van der Waals surface area (Å²) in [5.74, 6) is 2.44. The lowest BCUT2D eigenvalue weighted by Crippen LogP contribution is -2.07. The number of hydrogen-bond acceptors (Lipinski definition) is 4. The van der Waals surface area contributed by atoms with Crippen LogP contribution in [0.1, 0.15) is 100 Å². The summed E-state index contributed by atoms with van der Waals surface area (Å²) < 4.78 is 0. The number of nitrogens with two attached hydrogens (primary N) is 2. The minimum atomic E-state index is 0.567. The average Bonchev–Trinajstić information content (AvgIpc) is 3.72. The molecule has 0 radical (unpaired) electrons. The highest BCUT2D eigenvalue weighted by atomic mass is 16.1. The molecular formula is C32H29N3O. The molecule has 2 fully saturated rings. The molecule has 0 amide bonds. The van der Waals surface area contributed by atoms with Gasteiger partial charge in [0.25, 0.3) is 0 Å². The maximum absolute atomic E-state index is 11.4. The molecule has 0 heterocycles. The Labute approximate surface area is 210 Å². The second-order valence-electron chi connectivity index (χ2n) is 11.0. The summed E-state index contributed by atoms with van der Waals surface area (Å²) in [6.07, 6.45) is 8.38. The van der Waals surface area contributed by atoms with Crippen LogP contribution in [-0.2, 0) is 0 Å². The third-order valence-corrected chi connectivity index (χ3v) is 9.44. The molecule has 178 valence electrons. The number of rotatable bonds is 1. The second kappa shape index (κ2) is 7.83. The molecule has 0 unspecified atom stereocenters. The number of carbonyl (C=O) groups excluding carboxylic acids is 1. The lowest BCUT2D eigenvalue weighted by molar-refractivity contribution is 0.112. The Balaban J connectivity index is 0.000000122. The van der Waals surface area contributed by atoms with E-state index in [2.05, 4.69) is 30.3 Å². The summed E-state index contributed by atoms with van der Waals surface area (Å²) >= 11 is 0. The number of nitrogen functional groups attached to an aromatic ring is 2. The van der Waals surface area contributed by atoms with E-state index in [1.807, 2.05) is 24.3 Å². The third-order valence-electron chi connectivity index (χ3n) is 9.44. The van der Waals surface area contributed by atoms with Gasteiger partial charge in [-0.05, 0) is 95.2 Å². The van der Waals surface area contributed by atoms with Gasteiger partial charge in [-0.15, -0.1) is 0 Å². The highest BCUT2D eigenvalue weighted by Gasteiger charge is 2.41. The smallest absolute Gasteiger partial charge is 0.152 e. The zero-order valence-electron chi connectivity index (χ0n) is 20.3. The second-order valence-corrected chi connectivity index (χ2v) is 11.0. The monoisotopic (exact) mass is 471 g/mol. The van der Waals surface area contributed by atoms with Crippen molar-refractivity contribution in [1.29, 1.82) is 5.26 Å². The molecule has 0 saturated heterocycles. The molecule has 0 aliphatic heterocycles. The van der Waals surface area contributed by atoms with Crippen LogP contribution >= 0.6 is 0 Å². The highest BCUT2D eigenvalue weighted by molar-refractivity contribution is 6.05. The topological polar surface area (TPSA) is 92.9 Å². The van der Waals surface area contributed by atoms with E-state index in [0.29, 0.717) is 35.0 Å². The van der Waals surface area contributed by atoms with Crippen molar-refractivity contribution in [3.05, 3.63) is 81.9 Å². The van der Waals surface area contributed by atoms with Gasteiger partial charge >= 0.3 is 0 Å². The molecule has 4 aromatic rings. The molecule has 0 aromatic heterocycles. The average molecular weight is 472 g/mol. The summed E-state index contributed by atoms with van der Waals surface area (Å²) in [5.41, 5.74) is 20.6. The van der Waals surface area contributed by atoms with Crippen molar-refractivity contribution in [2.24, 2.45) is 0 Å². The van der Waals surface area contributed by atoms with Crippen LogP contribution in [0.2, 0.25) is 0 Å².